The summed E-state index contributed by atoms with van der Waals surface area (Å²) in [5.74, 6) is -0.0499. The van der Waals surface area contributed by atoms with Crippen molar-refractivity contribution in [3.63, 3.8) is 0 Å². The van der Waals surface area contributed by atoms with Gasteiger partial charge in [-0.05, 0) is 26.1 Å². The van der Waals surface area contributed by atoms with Gasteiger partial charge in [-0.25, -0.2) is 0 Å². The first kappa shape index (κ1) is 16.6. The lowest BCUT2D eigenvalue weighted by atomic mass is 10.0. The van der Waals surface area contributed by atoms with Crippen LogP contribution in [0.15, 0.2) is 24.4 Å². The zero-order valence-corrected chi connectivity index (χ0v) is 12.4. The van der Waals surface area contributed by atoms with Gasteiger partial charge in [0.25, 0.3) is 0 Å². The second-order valence-corrected chi connectivity index (χ2v) is 4.82. The molecule has 0 aromatic carbocycles. The van der Waals surface area contributed by atoms with Crippen LogP contribution in [0.5, 0.6) is 0 Å². The molecule has 2 atom stereocenters. The first-order chi connectivity index (χ1) is 9.56. The number of hydrogen-bond acceptors (Lipinski definition) is 5. The highest BCUT2D eigenvalue weighted by Gasteiger charge is 2.23. The summed E-state index contributed by atoms with van der Waals surface area (Å²) < 4.78 is 4.89. The number of carbonyl (C=O) groups is 1. The van der Waals surface area contributed by atoms with Gasteiger partial charge in [0, 0.05) is 25.9 Å². The summed E-state index contributed by atoms with van der Waals surface area (Å²) in [5, 5.41) is 2.79. The topological polar surface area (TPSA) is 80.5 Å². The van der Waals surface area contributed by atoms with Crippen LogP contribution >= 0.6 is 0 Å². The first-order valence-electron chi connectivity index (χ1n) is 6.68. The molecule has 6 nitrogen and oxygen atoms in total. The number of nitrogens with two attached hydrogens (primary N) is 1. The summed E-state index contributed by atoms with van der Waals surface area (Å²) in [7, 11) is 3.48. The van der Waals surface area contributed by atoms with Crippen LogP contribution in [0.4, 0.5) is 0 Å². The molecule has 6 heteroatoms. The van der Waals surface area contributed by atoms with Crippen molar-refractivity contribution in [2.75, 3.05) is 33.9 Å². The number of likely N-dealkylation sites (N-methyl/N-ethyl adjacent to an activating group) is 1. The summed E-state index contributed by atoms with van der Waals surface area (Å²) in [5.41, 5.74) is 6.90. The Hall–Kier alpha value is -1.50. The van der Waals surface area contributed by atoms with Crippen LogP contribution in [0.25, 0.3) is 0 Å². The van der Waals surface area contributed by atoms with Crippen molar-refractivity contribution in [1.82, 2.24) is 15.2 Å². The summed E-state index contributed by atoms with van der Waals surface area (Å²) in [6, 6.07) is 5.49. The number of ether oxygens (including phenoxy) is 1. The van der Waals surface area contributed by atoms with E-state index in [-0.39, 0.29) is 24.5 Å². The zero-order valence-electron chi connectivity index (χ0n) is 12.4. The van der Waals surface area contributed by atoms with Crippen molar-refractivity contribution in [2.45, 2.75) is 19.0 Å². The van der Waals surface area contributed by atoms with Gasteiger partial charge < -0.3 is 15.8 Å². The third-order valence-electron chi connectivity index (χ3n) is 2.99. The number of methoxy groups -OCH3 is 1. The van der Waals surface area contributed by atoms with Crippen LogP contribution in [-0.4, -0.2) is 55.7 Å². The predicted octanol–water partition coefficient (Wildman–Crippen LogP) is 0.164. The third-order valence-corrected chi connectivity index (χ3v) is 2.99. The van der Waals surface area contributed by atoms with E-state index in [9.17, 15) is 4.79 Å². The molecule has 112 valence electrons. The highest BCUT2D eigenvalue weighted by atomic mass is 16.5. The van der Waals surface area contributed by atoms with Crippen molar-refractivity contribution < 1.29 is 9.53 Å². The number of aromatic nitrogens is 1. The molecule has 0 bridgehead atoms. The van der Waals surface area contributed by atoms with Gasteiger partial charge in [-0.1, -0.05) is 6.07 Å². The number of nitrogens with one attached hydrogen (secondary N) is 1. The minimum absolute atomic E-state index is 0.0499. The number of hydrogen-bond donors (Lipinski definition) is 2. The highest BCUT2D eigenvalue weighted by Crippen LogP contribution is 2.19. The van der Waals surface area contributed by atoms with Crippen LogP contribution in [0.3, 0.4) is 0 Å². The van der Waals surface area contributed by atoms with Gasteiger partial charge in [0.05, 0.1) is 24.9 Å². The molecule has 1 rings (SSSR count). The van der Waals surface area contributed by atoms with Crippen molar-refractivity contribution in [1.29, 1.82) is 0 Å². The van der Waals surface area contributed by atoms with E-state index in [2.05, 4.69) is 10.3 Å². The normalized spacial score (nSPS) is 14.1. The number of rotatable bonds is 8. The second kappa shape index (κ2) is 8.63. The zero-order chi connectivity index (χ0) is 15.0. The molecule has 0 aliphatic rings. The molecule has 0 aliphatic heterocycles. The molecule has 20 heavy (non-hydrogen) atoms. The standard InChI is InChI=1S/C14H24N4O2/c1-11(15)14(12-6-4-5-7-16-12)18(2)10-13(19)17-8-9-20-3/h4-7,11,14H,8-10,15H2,1-3H3,(H,17,19). The van der Waals surface area contributed by atoms with Gasteiger partial charge in [0.2, 0.25) is 5.91 Å². The average molecular weight is 280 g/mol. The minimum atomic E-state index is -0.123. The molecule has 0 aliphatic carbocycles. The highest BCUT2D eigenvalue weighted by molar-refractivity contribution is 5.78. The molecule has 1 aromatic rings. The maximum absolute atomic E-state index is 11.8. The monoisotopic (exact) mass is 280 g/mol. The van der Waals surface area contributed by atoms with Crippen molar-refractivity contribution in [3.8, 4) is 0 Å². The molecule has 3 N–H and O–H groups in total. The molecular weight excluding hydrogens is 256 g/mol. The van der Waals surface area contributed by atoms with E-state index < -0.39 is 0 Å². The number of amides is 1. The summed E-state index contributed by atoms with van der Waals surface area (Å²) >= 11 is 0. The van der Waals surface area contributed by atoms with E-state index in [1.807, 2.05) is 37.1 Å². The van der Waals surface area contributed by atoms with Crippen LogP contribution in [0.1, 0.15) is 18.7 Å². The Kier molecular flexibility index (Phi) is 7.14. The summed E-state index contributed by atoms with van der Waals surface area (Å²) in [4.78, 5) is 18.1. The molecule has 1 amide bonds. The van der Waals surface area contributed by atoms with Crippen molar-refractivity contribution >= 4 is 5.91 Å². The van der Waals surface area contributed by atoms with Gasteiger partial charge >= 0.3 is 0 Å². The fourth-order valence-corrected chi connectivity index (χ4v) is 2.12. The third kappa shape index (κ3) is 5.24. The van der Waals surface area contributed by atoms with E-state index in [0.717, 1.165) is 5.69 Å². The molecule has 0 spiro atoms. The van der Waals surface area contributed by atoms with E-state index in [0.29, 0.717) is 13.2 Å². The smallest absolute Gasteiger partial charge is 0.234 e. The summed E-state index contributed by atoms with van der Waals surface area (Å²) in [6.45, 7) is 3.20. The van der Waals surface area contributed by atoms with Gasteiger partial charge in [-0.15, -0.1) is 0 Å². The Morgan fingerprint density at radius 1 is 1.55 bits per heavy atom. The maximum atomic E-state index is 11.8. The van der Waals surface area contributed by atoms with Crippen LogP contribution < -0.4 is 11.1 Å². The molecule has 0 fully saturated rings. The quantitative estimate of drug-likeness (QED) is 0.663. The molecule has 0 radical (unpaired) electrons. The van der Waals surface area contributed by atoms with Gasteiger partial charge in [-0.2, -0.15) is 0 Å². The molecule has 1 aromatic heterocycles. The lowest BCUT2D eigenvalue weighted by molar-refractivity contribution is -0.122. The summed E-state index contributed by atoms with van der Waals surface area (Å²) in [6.07, 6.45) is 1.73. The predicted molar refractivity (Wildman–Crippen MR) is 78.1 cm³/mol. The van der Waals surface area contributed by atoms with Crippen LogP contribution in [-0.2, 0) is 9.53 Å². The van der Waals surface area contributed by atoms with E-state index in [1.54, 1.807) is 13.3 Å². The Labute approximate surface area is 120 Å². The lowest BCUT2D eigenvalue weighted by Gasteiger charge is -2.30. The van der Waals surface area contributed by atoms with E-state index in [1.165, 1.54) is 0 Å². The van der Waals surface area contributed by atoms with Gasteiger partial charge in [0.1, 0.15) is 0 Å². The Balaban J connectivity index is 2.61. The first-order valence-corrected chi connectivity index (χ1v) is 6.68. The van der Waals surface area contributed by atoms with Crippen LogP contribution in [0.2, 0.25) is 0 Å². The lowest BCUT2D eigenvalue weighted by Crippen LogP contribution is -2.43. The maximum Gasteiger partial charge on any atom is 0.234 e. The largest absolute Gasteiger partial charge is 0.383 e. The number of nitrogens with zero attached hydrogens (tertiary/aromatic N) is 2. The fourth-order valence-electron chi connectivity index (χ4n) is 2.12. The fraction of sp³-hybridized carbons (Fsp3) is 0.571. The van der Waals surface area contributed by atoms with Crippen molar-refractivity contribution in [3.05, 3.63) is 30.1 Å². The van der Waals surface area contributed by atoms with Crippen molar-refractivity contribution in [2.24, 2.45) is 5.73 Å². The number of carbonyl (C=O) groups excluding carboxylic acids is 1. The molecular formula is C14H24N4O2. The van der Waals surface area contributed by atoms with Gasteiger partial charge in [-0.3, -0.25) is 14.7 Å². The molecule has 2 unspecified atom stereocenters. The molecule has 1 heterocycles. The molecule has 0 saturated heterocycles. The average Bonchev–Trinajstić information content (AvgIpc) is 2.39. The minimum Gasteiger partial charge on any atom is -0.383 e. The Bertz CT molecular complexity index is 397. The molecule has 0 saturated carbocycles. The van der Waals surface area contributed by atoms with Gasteiger partial charge in [0.15, 0.2) is 0 Å². The SMILES string of the molecule is COCCNC(=O)CN(C)C(c1ccccn1)C(C)N. The Morgan fingerprint density at radius 3 is 2.85 bits per heavy atom. The van der Waals surface area contributed by atoms with Crippen LogP contribution in [0, 0.1) is 0 Å². The van der Waals surface area contributed by atoms with E-state index in [4.69, 9.17) is 10.5 Å². The number of pyridine rings is 1. The van der Waals surface area contributed by atoms with E-state index >= 15 is 0 Å². The second-order valence-electron chi connectivity index (χ2n) is 4.82. The Morgan fingerprint density at radius 2 is 2.30 bits per heavy atom.